The average molecular weight is 475 g/mol. The van der Waals surface area contributed by atoms with E-state index in [1.54, 1.807) is 12.1 Å². The molecule has 184 valence electrons. The molecule has 1 aliphatic heterocycles. The lowest BCUT2D eigenvalue weighted by Gasteiger charge is -2.38. The first-order valence-corrected chi connectivity index (χ1v) is 12.3. The number of ether oxygens (including phenoxy) is 1. The summed E-state index contributed by atoms with van der Waals surface area (Å²) in [5.74, 6) is 0.133. The number of rotatable bonds is 4. The molecule has 35 heavy (non-hydrogen) atoms. The van der Waals surface area contributed by atoms with Gasteiger partial charge in [0.25, 0.3) is 0 Å². The SMILES string of the molecule is CC(C)c1cc2c(c(-c3ccc(F)cc3)c1C(=O)c1ccc(C(C)(C)C)cc1)[C@@H](O)CC(C)(C)O2. The molecule has 1 aliphatic rings. The van der Waals surface area contributed by atoms with E-state index < -0.39 is 11.7 Å². The third kappa shape index (κ3) is 4.90. The minimum absolute atomic E-state index is 0.0238. The summed E-state index contributed by atoms with van der Waals surface area (Å²) in [4.78, 5) is 14.1. The van der Waals surface area contributed by atoms with Crippen LogP contribution in [-0.2, 0) is 5.41 Å². The standard InChI is InChI=1S/C31H35FO3/c1-18(2)23-16-25-28(24(33)17-31(6,7)35-25)26(19-10-14-22(32)15-11-19)27(23)29(34)20-8-12-21(13-9-20)30(3,4)5/h8-16,18,24,33H,17H2,1-7H3/t24-/m0/s1. The summed E-state index contributed by atoms with van der Waals surface area (Å²) in [6, 6.07) is 15.8. The summed E-state index contributed by atoms with van der Waals surface area (Å²) in [5, 5.41) is 11.3. The van der Waals surface area contributed by atoms with Crippen LogP contribution in [0.3, 0.4) is 0 Å². The second-order valence-corrected chi connectivity index (χ2v) is 11.5. The fourth-order valence-corrected chi connectivity index (χ4v) is 4.90. The number of aliphatic hydroxyl groups is 1. The van der Waals surface area contributed by atoms with Crippen LogP contribution in [0.15, 0.2) is 54.6 Å². The van der Waals surface area contributed by atoms with Gasteiger partial charge in [0, 0.05) is 28.7 Å². The lowest BCUT2D eigenvalue weighted by Crippen LogP contribution is -2.35. The number of aliphatic hydroxyl groups excluding tert-OH is 1. The molecule has 3 nitrogen and oxygen atoms in total. The monoisotopic (exact) mass is 474 g/mol. The van der Waals surface area contributed by atoms with E-state index in [1.807, 2.05) is 58.0 Å². The Hall–Kier alpha value is -2.98. The zero-order valence-corrected chi connectivity index (χ0v) is 21.7. The van der Waals surface area contributed by atoms with Crippen molar-refractivity contribution >= 4 is 5.78 Å². The Morgan fingerprint density at radius 3 is 2.20 bits per heavy atom. The van der Waals surface area contributed by atoms with Gasteiger partial charge in [0.15, 0.2) is 5.78 Å². The molecule has 0 fully saturated rings. The second kappa shape index (κ2) is 8.91. The van der Waals surface area contributed by atoms with Gasteiger partial charge in [-0.3, -0.25) is 4.79 Å². The number of hydrogen-bond donors (Lipinski definition) is 1. The third-order valence-electron chi connectivity index (χ3n) is 6.76. The highest BCUT2D eigenvalue weighted by Gasteiger charge is 2.38. The molecule has 1 atom stereocenters. The van der Waals surface area contributed by atoms with Gasteiger partial charge in [0.05, 0.1) is 6.10 Å². The van der Waals surface area contributed by atoms with Crippen LogP contribution in [0.4, 0.5) is 4.39 Å². The molecule has 4 heteroatoms. The predicted octanol–water partition coefficient (Wildman–Crippen LogP) is 7.74. The van der Waals surface area contributed by atoms with E-state index in [1.165, 1.54) is 12.1 Å². The van der Waals surface area contributed by atoms with Gasteiger partial charge in [-0.2, -0.15) is 0 Å². The van der Waals surface area contributed by atoms with Crippen molar-refractivity contribution in [3.8, 4) is 16.9 Å². The van der Waals surface area contributed by atoms with E-state index in [4.69, 9.17) is 4.74 Å². The van der Waals surface area contributed by atoms with Crippen molar-refractivity contribution in [1.29, 1.82) is 0 Å². The Kier molecular flexibility index (Phi) is 6.39. The molecule has 0 aliphatic carbocycles. The van der Waals surface area contributed by atoms with Gasteiger partial charge in [0.1, 0.15) is 17.2 Å². The molecular formula is C31H35FO3. The average Bonchev–Trinajstić information content (AvgIpc) is 2.76. The first kappa shape index (κ1) is 25.1. The van der Waals surface area contributed by atoms with E-state index in [-0.39, 0.29) is 22.9 Å². The minimum Gasteiger partial charge on any atom is -0.487 e. The smallest absolute Gasteiger partial charge is 0.193 e. The zero-order chi connectivity index (χ0) is 25.7. The van der Waals surface area contributed by atoms with Crippen LogP contribution in [0.2, 0.25) is 0 Å². The van der Waals surface area contributed by atoms with Crippen LogP contribution < -0.4 is 4.74 Å². The first-order valence-electron chi connectivity index (χ1n) is 12.3. The molecule has 3 aromatic carbocycles. The maximum Gasteiger partial charge on any atom is 0.193 e. The number of fused-ring (bicyclic) bond motifs is 1. The van der Waals surface area contributed by atoms with Gasteiger partial charge in [-0.15, -0.1) is 0 Å². The largest absolute Gasteiger partial charge is 0.487 e. The number of carbonyl (C=O) groups is 1. The highest BCUT2D eigenvalue weighted by Crippen LogP contribution is 2.48. The van der Waals surface area contributed by atoms with Crippen molar-refractivity contribution in [3.05, 3.63) is 88.2 Å². The normalized spacial score (nSPS) is 17.1. The molecule has 0 saturated heterocycles. The zero-order valence-electron chi connectivity index (χ0n) is 21.7. The van der Waals surface area contributed by atoms with Gasteiger partial charge >= 0.3 is 0 Å². The number of benzene rings is 3. The maximum atomic E-state index is 14.1. The minimum atomic E-state index is -0.815. The number of hydrogen-bond acceptors (Lipinski definition) is 3. The van der Waals surface area contributed by atoms with Crippen LogP contribution in [0, 0.1) is 5.82 Å². The number of ketones is 1. The predicted molar refractivity (Wildman–Crippen MR) is 139 cm³/mol. The summed E-state index contributed by atoms with van der Waals surface area (Å²) in [7, 11) is 0. The molecule has 0 bridgehead atoms. The van der Waals surface area contributed by atoms with Crippen LogP contribution >= 0.6 is 0 Å². The quantitative estimate of drug-likeness (QED) is 0.393. The fraction of sp³-hybridized carbons (Fsp3) is 0.387. The van der Waals surface area contributed by atoms with E-state index >= 15 is 0 Å². The van der Waals surface area contributed by atoms with Crippen LogP contribution in [0.5, 0.6) is 5.75 Å². The topological polar surface area (TPSA) is 46.5 Å². The van der Waals surface area contributed by atoms with Gasteiger partial charge in [0.2, 0.25) is 0 Å². The van der Waals surface area contributed by atoms with Crippen molar-refractivity contribution in [2.75, 3.05) is 0 Å². The molecule has 0 spiro atoms. The summed E-state index contributed by atoms with van der Waals surface area (Å²) in [6.07, 6.45) is -0.423. The fourth-order valence-electron chi connectivity index (χ4n) is 4.90. The van der Waals surface area contributed by atoms with Crippen molar-refractivity contribution in [2.24, 2.45) is 0 Å². The van der Waals surface area contributed by atoms with Crippen molar-refractivity contribution < 1.29 is 19.0 Å². The number of halogens is 1. The van der Waals surface area contributed by atoms with E-state index in [2.05, 4.69) is 20.8 Å². The van der Waals surface area contributed by atoms with Crippen LogP contribution in [0.1, 0.15) is 99.5 Å². The van der Waals surface area contributed by atoms with Gasteiger partial charge in [-0.25, -0.2) is 4.39 Å². The molecule has 3 aromatic rings. The Labute approximate surface area is 208 Å². The summed E-state index contributed by atoms with van der Waals surface area (Å²) in [5.41, 5.74) is 4.44. The van der Waals surface area contributed by atoms with Crippen molar-refractivity contribution in [1.82, 2.24) is 0 Å². The summed E-state index contributed by atoms with van der Waals surface area (Å²) in [6.45, 7) is 14.4. The van der Waals surface area contributed by atoms with Crippen molar-refractivity contribution in [2.45, 2.75) is 77.9 Å². The lowest BCUT2D eigenvalue weighted by molar-refractivity contribution is 0.0118. The number of carbonyl (C=O) groups excluding carboxylic acids is 1. The second-order valence-electron chi connectivity index (χ2n) is 11.5. The molecule has 1 N–H and O–H groups in total. The lowest BCUT2D eigenvalue weighted by atomic mass is 9.78. The molecule has 0 unspecified atom stereocenters. The molecule has 0 saturated carbocycles. The Bertz CT molecular complexity index is 1250. The van der Waals surface area contributed by atoms with Gasteiger partial charge in [-0.1, -0.05) is 71.0 Å². The Morgan fingerprint density at radius 1 is 1.06 bits per heavy atom. The molecule has 0 amide bonds. The van der Waals surface area contributed by atoms with Crippen LogP contribution in [-0.4, -0.2) is 16.5 Å². The van der Waals surface area contributed by atoms with E-state index in [9.17, 15) is 14.3 Å². The highest BCUT2D eigenvalue weighted by molar-refractivity contribution is 6.14. The van der Waals surface area contributed by atoms with Crippen LogP contribution in [0.25, 0.3) is 11.1 Å². The molecule has 0 aromatic heterocycles. The van der Waals surface area contributed by atoms with Gasteiger partial charge in [-0.05, 0) is 60.1 Å². The van der Waals surface area contributed by atoms with Gasteiger partial charge < -0.3 is 9.84 Å². The first-order chi connectivity index (χ1) is 16.3. The molecular weight excluding hydrogens is 439 g/mol. The molecule has 0 radical (unpaired) electrons. The Balaban J connectivity index is 2.01. The van der Waals surface area contributed by atoms with E-state index in [0.717, 1.165) is 11.1 Å². The Morgan fingerprint density at radius 2 is 1.66 bits per heavy atom. The summed E-state index contributed by atoms with van der Waals surface area (Å²) >= 11 is 0. The maximum absolute atomic E-state index is 14.1. The summed E-state index contributed by atoms with van der Waals surface area (Å²) < 4.78 is 20.2. The highest BCUT2D eigenvalue weighted by atomic mass is 19.1. The van der Waals surface area contributed by atoms with Crippen molar-refractivity contribution in [3.63, 3.8) is 0 Å². The molecule has 1 heterocycles. The van der Waals surface area contributed by atoms with E-state index in [0.29, 0.717) is 40.0 Å². The molecule has 4 rings (SSSR count). The third-order valence-corrected chi connectivity index (χ3v) is 6.76.